The van der Waals surface area contributed by atoms with Crippen molar-refractivity contribution in [1.82, 2.24) is 4.57 Å². The molecule has 0 N–H and O–H groups in total. The fourth-order valence-corrected chi connectivity index (χ4v) is 2.42. The summed E-state index contributed by atoms with van der Waals surface area (Å²) >= 11 is 6.33. The molecule has 0 aliphatic heterocycles. The van der Waals surface area contributed by atoms with Crippen LogP contribution in [0.5, 0.6) is 5.75 Å². The van der Waals surface area contributed by atoms with Crippen LogP contribution in [0.3, 0.4) is 0 Å². The number of halogens is 1. The minimum Gasteiger partial charge on any atom is -0.468 e. The van der Waals surface area contributed by atoms with Gasteiger partial charge in [0.15, 0.2) is 6.79 Å². The monoisotopic (exact) mass is 307 g/mol. The molecule has 1 aromatic carbocycles. The van der Waals surface area contributed by atoms with Gasteiger partial charge in [-0.2, -0.15) is 0 Å². The van der Waals surface area contributed by atoms with Crippen molar-refractivity contribution in [3.05, 3.63) is 51.3 Å². The summed E-state index contributed by atoms with van der Waals surface area (Å²) in [5, 5.41) is 0.536. The van der Waals surface area contributed by atoms with E-state index in [1.54, 1.807) is 17.7 Å². The standard InChI is InChI=1S/C16H18ClNO3/c1-4-18-15(8-5-11(2)16(18)19)13-7-6-12(9-14(13)17)21-10-20-3/h5-9H,4,10H2,1-3H3. The highest BCUT2D eigenvalue weighted by Gasteiger charge is 2.11. The molecule has 0 spiro atoms. The van der Waals surface area contributed by atoms with Crippen molar-refractivity contribution in [1.29, 1.82) is 0 Å². The van der Waals surface area contributed by atoms with E-state index < -0.39 is 0 Å². The topological polar surface area (TPSA) is 40.5 Å². The summed E-state index contributed by atoms with van der Waals surface area (Å²) in [6.07, 6.45) is 0. The van der Waals surface area contributed by atoms with Crippen LogP contribution in [0.2, 0.25) is 5.02 Å². The first-order valence-corrected chi connectivity index (χ1v) is 7.08. The molecule has 2 aromatic rings. The lowest BCUT2D eigenvalue weighted by Crippen LogP contribution is -2.22. The number of aromatic nitrogens is 1. The van der Waals surface area contributed by atoms with E-state index in [2.05, 4.69) is 0 Å². The third-order valence-electron chi connectivity index (χ3n) is 3.24. The molecule has 1 heterocycles. The van der Waals surface area contributed by atoms with Gasteiger partial charge in [-0.25, -0.2) is 0 Å². The number of nitrogens with zero attached hydrogens (tertiary/aromatic N) is 1. The smallest absolute Gasteiger partial charge is 0.253 e. The first-order valence-electron chi connectivity index (χ1n) is 6.70. The van der Waals surface area contributed by atoms with E-state index in [-0.39, 0.29) is 12.4 Å². The van der Waals surface area contributed by atoms with Gasteiger partial charge in [-0.05, 0) is 38.1 Å². The van der Waals surface area contributed by atoms with Crippen molar-refractivity contribution in [3.8, 4) is 17.0 Å². The van der Waals surface area contributed by atoms with Crippen molar-refractivity contribution >= 4 is 11.6 Å². The molecule has 2 rings (SSSR count). The number of rotatable bonds is 5. The van der Waals surface area contributed by atoms with Crippen LogP contribution in [0.25, 0.3) is 11.3 Å². The number of aryl methyl sites for hydroxylation is 1. The summed E-state index contributed by atoms with van der Waals surface area (Å²) < 4.78 is 11.9. The highest BCUT2D eigenvalue weighted by atomic mass is 35.5. The van der Waals surface area contributed by atoms with Gasteiger partial charge in [-0.15, -0.1) is 0 Å². The highest BCUT2D eigenvalue weighted by Crippen LogP contribution is 2.30. The SMILES string of the molecule is CCn1c(-c2ccc(OCOC)cc2Cl)ccc(C)c1=O. The van der Waals surface area contributed by atoms with Crippen molar-refractivity contribution in [2.45, 2.75) is 20.4 Å². The van der Waals surface area contributed by atoms with Gasteiger partial charge < -0.3 is 14.0 Å². The Labute approximate surface area is 128 Å². The number of benzene rings is 1. The third kappa shape index (κ3) is 3.28. The predicted octanol–water partition coefficient (Wildman–Crippen LogP) is 3.48. The van der Waals surface area contributed by atoms with Gasteiger partial charge in [-0.3, -0.25) is 4.79 Å². The molecule has 1 aromatic heterocycles. The Morgan fingerprint density at radius 3 is 2.62 bits per heavy atom. The Balaban J connectivity index is 2.48. The number of hydrogen-bond acceptors (Lipinski definition) is 3. The Hall–Kier alpha value is -1.78. The van der Waals surface area contributed by atoms with E-state index in [0.29, 0.717) is 17.3 Å². The van der Waals surface area contributed by atoms with Crippen molar-refractivity contribution in [3.63, 3.8) is 0 Å². The first kappa shape index (κ1) is 15.6. The quantitative estimate of drug-likeness (QED) is 0.794. The summed E-state index contributed by atoms with van der Waals surface area (Å²) in [7, 11) is 1.56. The van der Waals surface area contributed by atoms with Gasteiger partial charge in [0.2, 0.25) is 0 Å². The van der Waals surface area contributed by atoms with E-state index in [4.69, 9.17) is 21.1 Å². The molecule has 0 aliphatic carbocycles. The average molecular weight is 308 g/mol. The van der Waals surface area contributed by atoms with Crippen LogP contribution in [-0.2, 0) is 11.3 Å². The van der Waals surface area contributed by atoms with E-state index >= 15 is 0 Å². The first-order chi connectivity index (χ1) is 10.1. The summed E-state index contributed by atoms with van der Waals surface area (Å²) in [6.45, 7) is 4.50. The molecule has 21 heavy (non-hydrogen) atoms. The van der Waals surface area contributed by atoms with E-state index in [1.165, 1.54) is 0 Å². The van der Waals surface area contributed by atoms with Gasteiger partial charge in [-0.1, -0.05) is 17.7 Å². The molecule has 0 saturated carbocycles. The van der Waals surface area contributed by atoms with Crippen molar-refractivity contribution < 1.29 is 9.47 Å². The van der Waals surface area contributed by atoms with Crippen molar-refractivity contribution in [2.24, 2.45) is 0 Å². The van der Waals surface area contributed by atoms with Crippen LogP contribution in [-0.4, -0.2) is 18.5 Å². The maximum Gasteiger partial charge on any atom is 0.253 e. The molecular formula is C16H18ClNO3. The minimum absolute atomic E-state index is 0.00535. The van der Waals surface area contributed by atoms with Crippen LogP contribution in [0.4, 0.5) is 0 Å². The maximum atomic E-state index is 12.2. The molecule has 0 aliphatic rings. The van der Waals surface area contributed by atoms with Crippen LogP contribution in [0, 0.1) is 6.92 Å². The van der Waals surface area contributed by atoms with Crippen LogP contribution >= 0.6 is 11.6 Å². The van der Waals surface area contributed by atoms with E-state index in [9.17, 15) is 4.79 Å². The molecule has 0 unspecified atom stereocenters. The van der Waals surface area contributed by atoms with Gasteiger partial charge in [0, 0.05) is 24.8 Å². The van der Waals surface area contributed by atoms with Crippen LogP contribution < -0.4 is 10.3 Å². The van der Waals surface area contributed by atoms with Gasteiger partial charge in [0.1, 0.15) is 5.75 Å². The third-order valence-corrected chi connectivity index (χ3v) is 3.55. The maximum absolute atomic E-state index is 12.2. The number of pyridine rings is 1. The lowest BCUT2D eigenvalue weighted by molar-refractivity contribution is 0.0511. The van der Waals surface area contributed by atoms with Gasteiger partial charge >= 0.3 is 0 Å². The molecule has 4 nitrogen and oxygen atoms in total. The Bertz CT molecular complexity index is 694. The number of methoxy groups -OCH3 is 1. The summed E-state index contributed by atoms with van der Waals surface area (Å²) in [5.41, 5.74) is 2.33. The summed E-state index contributed by atoms with van der Waals surface area (Å²) in [6, 6.07) is 9.11. The van der Waals surface area contributed by atoms with E-state index in [0.717, 1.165) is 16.8 Å². The zero-order valence-corrected chi connectivity index (χ0v) is 13.1. The fourth-order valence-electron chi connectivity index (χ4n) is 2.16. The predicted molar refractivity (Wildman–Crippen MR) is 84.1 cm³/mol. The lowest BCUT2D eigenvalue weighted by atomic mass is 10.1. The fraction of sp³-hybridized carbons (Fsp3) is 0.312. The Morgan fingerprint density at radius 2 is 2.00 bits per heavy atom. The number of hydrogen-bond donors (Lipinski definition) is 0. The zero-order chi connectivity index (χ0) is 15.4. The molecule has 0 amide bonds. The molecule has 5 heteroatoms. The summed E-state index contributed by atoms with van der Waals surface area (Å²) in [5.74, 6) is 0.628. The summed E-state index contributed by atoms with van der Waals surface area (Å²) in [4.78, 5) is 12.2. The van der Waals surface area contributed by atoms with E-state index in [1.807, 2.05) is 38.1 Å². The highest BCUT2D eigenvalue weighted by molar-refractivity contribution is 6.33. The van der Waals surface area contributed by atoms with Crippen LogP contribution in [0.15, 0.2) is 35.1 Å². The molecule has 0 radical (unpaired) electrons. The molecule has 0 bridgehead atoms. The molecule has 0 fully saturated rings. The Kier molecular flexibility index (Phi) is 5.04. The van der Waals surface area contributed by atoms with Gasteiger partial charge in [0.05, 0.1) is 10.7 Å². The molecule has 0 atom stereocenters. The second-order valence-electron chi connectivity index (χ2n) is 4.64. The average Bonchev–Trinajstić information content (AvgIpc) is 2.48. The van der Waals surface area contributed by atoms with Crippen LogP contribution in [0.1, 0.15) is 12.5 Å². The molecule has 0 saturated heterocycles. The second-order valence-corrected chi connectivity index (χ2v) is 5.05. The van der Waals surface area contributed by atoms with Crippen molar-refractivity contribution in [2.75, 3.05) is 13.9 Å². The second kappa shape index (κ2) is 6.78. The molecule has 112 valence electrons. The zero-order valence-electron chi connectivity index (χ0n) is 12.4. The minimum atomic E-state index is 0.00535. The van der Waals surface area contributed by atoms with Gasteiger partial charge in [0.25, 0.3) is 5.56 Å². The number of ether oxygens (including phenoxy) is 2. The molecular weight excluding hydrogens is 290 g/mol. The lowest BCUT2D eigenvalue weighted by Gasteiger charge is -2.14. The Morgan fingerprint density at radius 1 is 1.24 bits per heavy atom. The normalized spacial score (nSPS) is 10.7. The largest absolute Gasteiger partial charge is 0.468 e.